The summed E-state index contributed by atoms with van der Waals surface area (Å²) in [5.74, 6) is 0.0651. The number of aryl methyl sites for hydroxylation is 2. The Hall–Kier alpha value is -1.31. The molecule has 0 bridgehead atoms. The molecule has 1 nitrogen and oxygen atoms in total. The van der Waals surface area contributed by atoms with E-state index < -0.39 is 0 Å². The van der Waals surface area contributed by atoms with Crippen molar-refractivity contribution in [1.82, 2.24) is 0 Å². The van der Waals surface area contributed by atoms with Crippen LogP contribution in [0.3, 0.4) is 0 Å². The number of Topliss-reactive ketones (excluding diaryl/α,β-unsaturated/α-hetero) is 1. The summed E-state index contributed by atoms with van der Waals surface area (Å²) in [6.45, 7) is 4.17. The number of benzene rings is 2. The molecular weight excluding hydrogens is 291 g/mol. The summed E-state index contributed by atoms with van der Waals surface area (Å²) in [4.78, 5) is 12.2. The third kappa shape index (κ3) is 3.62. The van der Waals surface area contributed by atoms with Crippen molar-refractivity contribution in [3.05, 3.63) is 68.7 Å². The third-order valence-corrected chi connectivity index (χ3v) is 3.96. The number of carbonyl (C=O) groups excluding carboxylic acids is 1. The van der Waals surface area contributed by atoms with Crippen molar-refractivity contribution in [2.75, 3.05) is 0 Å². The minimum atomic E-state index is 0.0651. The van der Waals surface area contributed by atoms with Crippen LogP contribution in [-0.4, -0.2) is 5.78 Å². The summed E-state index contributed by atoms with van der Waals surface area (Å²) in [6, 6.07) is 11.1. The summed E-state index contributed by atoms with van der Waals surface area (Å²) >= 11 is 11.8. The average Bonchev–Trinajstić information content (AvgIpc) is 2.39. The fourth-order valence-corrected chi connectivity index (χ4v) is 2.72. The first-order valence-electron chi connectivity index (χ1n) is 6.52. The van der Waals surface area contributed by atoms with Gasteiger partial charge in [-0.3, -0.25) is 4.79 Å². The van der Waals surface area contributed by atoms with Crippen molar-refractivity contribution in [3.8, 4) is 0 Å². The molecule has 0 spiro atoms. The highest BCUT2D eigenvalue weighted by Crippen LogP contribution is 2.21. The highest BCUT2D eigenvalue weighted by Gasteiger charge is 2.09. The zero-order chi connectivity index (χ0) is 14.7. The smallest absolute Gasteiger partial charge is 0.163 e. The molecule has 2 rings (SSSR count). The van der Waals surface area contributed by atoms with Crippen LogP contribution in [0.4, 0.5) is 0 Å². The Kier molecular flexibility index (Phi) is 4.85. The Morgan fingerprint density at radius 2 is 1.70 bits per heavy atom. The van der Waals surface area contributed by atoms with E-state index in [9.17, 15) is 4.79 Å². The molecule has 0 aliphatic carbocycles. The van der Waals surface area contributed by atoms with Crippen LogP contribution in [0.25, 0.3) is 0 Å². The molecule has 0 N–H and O–H groups in total. The van der Waals surface area contributed by atoms with Gasteiger partial charge < -0.3 is 0 Å². The predicted molar refractivity (Wildman–Crippen MR) is 85.0 cm³/mol. The number of halogens is 2. The number of ketones is 1. The lowest BCUT2D eigenvalue weighted by Gasteiger charge is -2.08. The van der Waals surface area contributed by atoms with Crippen LogP contribution >= 0.6 is 23.2 Å². The maximum Gasteiger partial charge on any atom is 0.163 e. The second kappa shape index (κ2) is 6.43. The van der Waals surface area contributed by atoms with E-state index in [0.29, 0.717) is 22.0 Å². The largest absolute Gasteiger partial charge is 0.294 e. The SMILES string of the molecule is Cc1cccc(CCC(=O)c2cc(Cl)cc(Cl)c2)c1C. The lowest BCUT2D eigenvalue weighted by atomic mass is 9.97. The van der Waals surface area contributed by atoms with Crippen LogP contribution < -0.4 is 0 Å². The lowest BCUT2D eigenvalue weighted by Crippen LogP contribution is -2.02. The highest BCUT2D eigenvalue weighted by atomic mass is 35.5. The first-order valence-corrected chi connectivity index (χ1v) is 7.27. The van der Waals surface area contributed by atoms with E-state index in [1.165, 1.54) is 16.7 Å². The Morgan fingerprint density at radius 3 is 2.35 bits per heavy atom. The zero-order valence-corrected chi connectivity index (χ0v) is 13.1. The van der Waals surface area contributed by atoms with Gasteiger partial charge in [-0.15, -0.1) is 0 Å². The monoisotopic (exact) mass is 306 g/mol. The Labute approximate surface area is 129 Å². The predicted octanol–water partition coefficient (Wildman–Crippen LogP) is 5.43. The standard InChI is InChI=1S/C17H16Cl2O/c1-11-4-3-5-13(12(11)2)6-7-17(20)14-8-15(18)10-16(19)9-14/h3-5,8-10H,6-7H2,1-2H3. The lowest BCUT2D eigenvalue weighted by molar-refractivity contribution is 0.0983. The van der Waals surface area contributed by atoms with Gasteiger partial charge in [0, 0.05) is 22.0 Å². The number of hydrogen-bond donors (Lipinski definition) is 0. The molecule has 2 aromatic carbocycles. The molecule has 104 valence electrons. The molecule has 0 aliphatic heterocycles. The zero-order valence-electron chi connectivity index (χ0n) is 11.5. The highest BCUT2D eigenvalue weighted by molar-refractivity contribution is 6.35. The molecule has 0 unspecified atom stereocenters. The van der Waals surface area contributed by atoms with Crippen LogP contribution in [0.1, 0.15) is 33.5 Å². The van der Waals surface area contributed by atoms with Gasteiger partial charge in [0.25, 0.3) is 0 Å². The fourth-order valence-electron chi connectivity index (χ4n) is 2.19. The molecule has 0 amide bonds. The molecule has 2 aromatic rings. The molecule has 0 heterocycles. The van der Waals surface area contributed by atoms with E-state index in [2.05, 4.69) is 26.0 Å². The van der Waals surface area contributed by atoms with Crippen molar-refractivity contribution in [3.63, 3.8) is 0 Å². The third-order valence-electron chi connectivity index (χ3n) is 3.52. The summed E-state index contributed by atoms with van der Waals surface area (Å²) in [7, 11) is 0. The first-order chi connectivity index (χ1) is 9.47. The molecule has 0 aliphatic rings. The minimum Gasteiger partial charge on any atom is -0.294 e. The molecule has 0 fully saturated rings. The second-order valence-corrected chi connectivity index (χ2v) is 5.81. The van der Waals surface area contributed by atoms with Gasteiger partial charge in [0.2, 0.25) is 0 Å². The van der Waals surface area contributed by atoms with Crippen LogP contribution in [0.5, 0.6) is 0 Å². The normalized spacial score (nSPS) is 10.6. The van der Waals surface area contributed by atoms with Crippen molar-refractivity contribution in [2.45, 2.75) is 26.7 Å². The van der Waals surface area contributed by atoms with Gasteiger partial charge in [-0.1, -0.05) is 41.4 Å². The second-order valence-electron chi connectivity index (χ2n) is 4.94. The van der Waals surface area contributed by atoms with Gasteiger partial charge in [-0.05, 0) is 55.2 Å². The van der Waals surface area contributed by atoms with E-state index in [1.807, 2.05) is 6.07 Å². The van der Waals surface area contributed by atoms with Gasteiger partial charge in [-0.2, -0.15) is 0 Å². The van der Waals surface area contributed by atoms with Gasteiger partial charge >= 0.3 is 0 Å². The summed E-state index contributed by atoms with van der Waals surface area (Å²) in [5.41, 5.74) is 4.30. The quantitative estimate of drug-likeness (QED) is 0.689. The van der Waals surface area contributed by atoms with Gasteiger partial charge in [0.05, 0.1) is 0 Å². The Bertz CT molecular complexity index is 627. The molecule has 3 heteroatoms. The van der Waals surface area contributed by atoms with Crippen LogP contribution in [0.2, 0.25) is 10.0 Å². The molecule has 0 aromatic heterocycles. The Morgan fingerprint density at radius 1 is 1.05 bits per heavy atom. The molecular formula is C17H16Cl2O. The van der Waals surface area contributed by atoms with Crippen molar-refractivity contribution >= 4 is 29.0 Å². The molecule has 0 radical (unpaired) electrons. The fraction of sp³-hybridized carbons (Fsp3) is 0.235. The van der Waals surface area contributed by atoms with E-state index >= 15 is 0 Å². The van der Waals surface area contributed by atoms with Crippen molar-refractivity contribution in [2.24, 2.45) is 0 Å². The molecule has 0 atom stereocenters. The molecule has 20 heavy (non-hydrogen) atoms. The van der Waals surface area contributed by atoms with E-state index in [4.69, 9.17) is 23.2 Å². The van der Waals surface area contributed by atoms with Crippen LogP contribution in [0, 0.1) is 13.8 Å². The topological polar surface area (TPSA) is 17.1 Å². The van der Waals surface area contributed by atoms with E-state index in [-0.39, 0.29) is 5.78 Å². The number of rotatable bonds is 4. The van der Waals surface area contributed by atoms with Crippen LogP contribution in [0.15, 0.2) is 36.4 Å². The average molecular weight is 307 g/mol. The minimum absolute atomic E-state index is 0.0651. The van der Waals surface area contributed by atoms with Gasteiger partial charge in [0.15, 0.2) is 5.78 Å². The maximum atomic E-state index is 12.2. The summed E-state index contributed by atoms with van der Waals surface area (Å²) in [5, 5.41) is 0.986. The van der Waals surface area contributed by atoms with Gasteiger partial charge in [-0.25, -0.2) is 0 Å². The molecule has 0 saturated carbocycles. The van der Waals surface area contributed by atoms with Crippen molar-refractivity contribution < 1.29 is 4.79 Å². The van der Waals surface area contributed by atoms with E-state index in [1.54, 1.807) is 18.2 Å². The van der Waals surface area contributed by atoms with E-state index in [0.717, 1.165) is 6.42 Å². The Balaban J connectivity index is 2.10. The summed E-state index contributed by atoms with van der Waals surface area (Å²) in [6.07, 6.45) is 1.19. The number of carbonyl (C=O) groups is 1. The van der Waals surface area contributed by atoms with Gasteiger partial charge in [0.1, 0.15) is 0 Å². The number of hydrogen-bond acceptors (Lipinski definition) is 1. The molecule has 0 saturated heterocycles. The first kappa shape index (κ1) is 15.1. The van der Waals surface area contributed by atoms with Crippen LogP contribution in [-0.2, 0) is 6.42 Å². The van der Waals surface area contributed by atoms with Crippen molar-refractivity contribution in [1.29, 1.82) is 0 Å². The maximum absolute atomic E-state index is 12.2. The summed E-state index contributed by atoms with van der Waals surface area (Å²) < 4.78 is 0.